The second kappa shape index (κ2) is 16.0. The maximum Gasteiger partial charge on any atom is 0.272 e. The molecule has 0 bridgehead atoms. The molecule has 7 nitrogen and oxygen atoms in total. The summed E-state index contributed by atoms with van der Waals surface area (Å²) in [6.45, 7) is 0. The third-order valence-corrected chi connectivity index (χ3v) is 8.77. The number of halogens is 2. The van der Waals surface area contributed by atoms with Crippen LogP contribution >= 0.6 is 35.0 Å². The van der Waals surface area contributed by atoms with E-state index < -0.39 is 17.1 Å². The predicted molar refractivity (Wildman–Crippen MR) is 190 cm³/mol. The number of ether oxygens (including phenoxy) is 1. The Kier molecular flexibility index (Phi) is 11.4. The quantitative estimate of drug-likeness (QED) is 0.0956. The van der Waals surface area contributed by atoms with Gasteiger partial charge in [0.2, 0.25) is 5.91 Å². The summed E-state index contributed by atoms with van der Waals surface area (Å²) >= 11 is 14.1. The average Bonchev–Trinajstić information content (AvgIpc) is 3.09. The molecule has 47 heavy (non-hydrogen) atoms. The van der Waals surface area contributed by atoms with Crippen molar-refractivity contribution in [2.75, 3.05) is 17.7 Å². The summed E-state index contributed by atoms with van der Waals surface area (Å²) in [5.74, 6) is -0.605. The molecule has 0 aliphatic carbocycles. The van der Waals surface area contributed by atoms with Crippen molar-refractivity contribution in [1.82, 2.24) is 5.32 Å². The van der Waals surface area contributed by atoms with Crippen molar-refractivity contribution in [1.29, 1.82) is 0 Å². The van der Waals surface area contributed by atoms with E-state index in [1.807, 2.05) is 36.4 Å². The highest BCUT2D eigenvalue weighted by molar-refractivity contribution is 8.00. The molecule has 3 amide bonds. The number of amides is 3. The van der Waals surface area contributed by atoms with E-state index >= 15 is 0 Å². The van der Waals surface area contributed by atoms with Gasteiger partial charge in [-0.2, -0.15) is 0 Å². The van der Waals surface area contributed by atoms with Crippen LogP contribution in [0.2, 0.25) is 10.0 Å². The zero-order valence-corrected chi connectivity index (χ0v) is 27.4. The van der Waals surface area contributed by atoms with E-state index in [4.69, 9.17) is 27.9 Å². The van der Waals surface area contributed by atoms with Gasteiger partial charge in [0.05, 0.1) is 7.11 Å². The number of anilines is 2. The maximum absolute atomic E-state index is 13.7. The molecule has 0 saturated heterocycles. The number of nitrogens with one attached hydrogen (secondary N) is 3. The van der Waals surface area contributed by atoms with E-state index in [9.17, 15) is 14.4 Å². The number of carbonyl (C=O) groups is 3. The van der Waals surface area contributed by atoms with Crippen LogP contribution in [-0.4, -0.2) is 24.8 Å². The molecule has 0 saturated carbocycles. The van der Waals surface area contributed by atoms with E-state index in [2.05, 4.69) is 16.0 Å². The predicted octanol–water partition coefficient (Wildman–Crippen LogP) is 8.88. The highest BCUT2D eigenvalue weighted by atomic mass is 35.5. The zero-order valence-electron chi connectivity index (χ0n) is 25.1. The summed E-state index contributed by atoms with van der Waals surface area (Å²) in [4.78, 5) is 41.0. The normalized spacial score (nSPS) is 11.7. The lowest BCUT2D eigenvalue weighted by atomic mass is 10.1. The third kappa shape index (κ3) is 9.04. The zero-order chi connectivity index (χ0) is 33.2. The molecule has 1 atom stereocenters. The van der Waals surface area contributed by atoms with Gasteiger partial charge in [0, 0.05) is 37.4 Å². The molecular formula is C37H29Cl2N3O4S. The van der Waals surface area contributed by atoms with Gasteiger partial charge in [0.15, 0.2) is 0 Å². The fourth-order valence-electron chi connectivity index (χ4n) is 4.50. The van der Waals surface area contributed by atoms with Crippen molar-refractivity contribution in [3.63, 3.8) is 0 Å². The molecule has 5 rings (SSSR count). The van der Waals surface area contributed by atoms with Gasteiger partial charge in [-0.1, -0.05) is 83.9 Å². The van der Waals surface area contributed by atoms with Gasteiger partial charge >= 0.3 is 0 Å². The first-order valence-electron chi connectivity index (χ1n) is 14.4. The molecule has 3 N–H and O–H groups in total. The average molecular weight is 683 g/mol. The Morgan fingerprint density at radius 1 is 0.723 bits per heavy atom. The largest absolute Gasteiger partial charge is 0.497 e. The number of thioether (sulfide) groups is 1. The van der Waals surface area contributed by atoms with Crippen molar-refractivity contribution in [2.45, 2.75) is 10.1 Å². The Morgan fingerprint density at radius 3 is 2.02 bits per heavy atom. The molecule has 0 aromatic heterocycles. The fraction of sp³-hybridized carbons (Fsp3) is 0.0541. The summed E-state index contributed by atoms with van der Waals surface area (Å²) in [7, 11) is 1.58. The standard InChI is InChI=1S/C37H29Cl2N3O4S/c1-46-28-20-18-26(19-21-28)40-37(45)34(24-10-4-2-5-11-24)47-29-15-8-14-27(22-29)41-36(44)33(23-30-31(38)16-9-17-32(30)39)42-35(43)25-12-6-3-7-13-25/h2-23,34H,1H3,(H,40,45)(H,41,44)(H,42,43)/b33-23+. The molecule has 1 unspecified atom stereocenters. The Bertz CT molecular complexity index is 1880. The summed E-state index contributed by atoms with van der Waals surface area (Å²) in [6, 6.07) is 37.1. The van der Waals surface area contributed by atoms with Crippen molar-refractivity contribution in [2.24, 2.45) is 0 Å². The van der Waals surface area contributed by atoms with Gasteiger partial charge in [-0.05, 0) is 78.4 Å². The summed E-state index contributed by atoms with van der Waals surface area (Å²) in [5.41, 5.74) is 2.58. The van der Waals surface area contributed by atoms with Crippen molar-refractivity contribution in [3.05, 3.63) is 160 Å². The minimum atomic E-state index is -0.604. The van der Waals surface area contributed by atoms with E-state index in [0.717, 1.165) is 10.5 Å². The van der Waals surface area contributed by atoms with Crippen LogP contribution in [0, 0.1) is 0 Å². The van der Waals surface area contributed by atoms with E-state index in [0.29, 0.717) is 38.3 Å². The Labute approximate surface area is 287 Å². The first-order chi connectivity index (χ1) is 22.8. The molecule has 0 aliphatic rings. The molecule has 0 spiro atoms. The minimum absolute atomic E-state index is 0.0621. The van der Waals surface area contributed by atoms with Crippen LogP contribution in [0.15, 0.2) is 138 Å². The first-order valence-corrected chi connectivity index (χ1v) is 16.0. The van der Waals surface area contributed by atoms with E-state index in [-0.39, 0.29) is 11.6 Å². The van der Waals surface area contributed by atoms with Crippen molar-refractivity contribution >= 4 is 70.1 Å². The van der Waals surface area contributed by atoms with Crippen LogP contribution in [0.5, 0.6) is 5.75 Å². The van der Waals surface area contributed by atoms with Crippen LogP contribution in [0.25, 0.3) is 6.08 Å². The van der Waals surface area contributed by atoms with Gasteiger partial charge in [-0.3, -0.25) is 14.4 Å². The molecule has 0 heterocycles. The molecule has 5 aromatic carbocycles. The fourth-order valence-corrected chi connectivity index (χ4v) is 6.09. The van der Waals surface area contributed by atoms with Crippen LogP contribution in [0.4, 0.5) is 11.4 Å². The molecule has 0 aliphatic heterocycles. The second-order valence-corrected chi connectivity index (χ2v) is 12.1. The van der Waals surface area contributed by atoms with Crippen molar-refractivity contribution in [3.8, 4) is 5.75 Å². The van der Waals surface area contributed by atoms with Crippen LogP contribution in [0.3, 0.4) is 0 Å². The minimum Gasteiger partial charge on any atom is -0.497 e. The topological polar surface area (TPSA) is 96.5 Å². The van der Waals surface area contributed by atoms with Crippen molar-refractivity contribution < 1.29 is 19.1 Å². The van der Waals surface area contributed by atoms with Gasteiger partial charge in [0.25, 0.3) is 11.8 Å². The highest BCUT2D eigenvalue weighted by Crippen LogP contribution is 2.37. The lowest BCUT2D eigenvalue weighted by molar-refractivity contribution is -0.116. The van der Waals surface area contributed by atoms with Gasteiger partial charge < -0.3 is 20.7 Å². The highest BCUT2D eigenvalue weighted by Gasteiger charge is 2.23. The Morgan fingerprint density at radius 2 is 1.36 bits per heavy atom. The van der Waals surface area contributed by atoms with Gasteiger partial charge in [0.1, 0.15) is 16.7 Å². The second-order valence-electron chi connectivity index (χ2n) is 10.1. The monoisotopic (exact) mass is 681 g/mol. The molecule has 10 heteroatoms. The molecule has 5 aromatic rings. The van der Waals surface area contributed by atoms with E-state index in [1.165, 1.54) is 17.8 Å². The SMILES string of the molecule is COc1ccc(NC(=O)C(Sc2cccc(NC(=O)/C(=C\c3c(Cl)cccc3Cl)NC(=O)c3ccccc3)c2)c2ccccc2)cc1. The van der Waals surface area contributed by atoms with Gasteiger partial charge in [-0.25, -0.2) is 0 Å². The van der Waals surface area contributed by atoms with Gasteiger partial charge in [-0.15, -0.1) is 11.8 Å². The lowest BCUT2D eigenvalue weighted by Crippen LogP contribution is -2.30. The van der Waals surface area contributed by atoms with E-state index in [1.54, 1.807) is 98.1 Å². The number of rotatable bonds is 11. The summed E-state index contributed by atoms with van der Waals surface area (Å²) in [6.07, 6.45) is 1.44. The summed E-state index contributed by atoms with van der Waals surface area (Å²) in [5, 5.41) is 8.56. The molecule has 236 valence electrons. The van der Waals surface area contributed by atoms with Crippen LogP contribution in [-0.2, 0) is 9.59 Å². The molecule has 0 radical (unpaired) electrons. The number of hydrogen-bond donors (Lipinski definition) is 3. The maximum atomic E-state index is 13.7. The summed E-state index contributed by atoms with van der Waals surface area (Å²) < 4.78 is 5.22. The van der Waals surface area contributed by atoms with Crippen LogP contribution < -0.4 is 20.7 Å². The lowest BCUT2D eigenvalue weighted by Gasteiger charge is -2.18. The smallest absolute Gasteiger partial charge is 0.272 e. The number of carbonyl (C=O) groups excluding carboxylic acids is 3. The number of benzene rings is 5. The Balaban J connectivity index is 1.39. The molecule has 0 fully saturated rings. The first kappa shape index (κ1) is 33.3. The van der Waals surface area contributed by atoms with Crippen LogP contribution in [0.1, 0.15) is 26.7 Å². The Hall–Kier alpha value is -5.02. The third-order valence-electron chi connectivity index (χ3n) is 6.86. The number of methoxy groups -OCH3 is 1. The number of hydrogen-bond acceptors (Lipinski definition) is 5. The molecular weight excluding hydrogens is 653 g/mol.